The van der Waals surface area contributed by atoms with Crippen LogP contribution in [0.1, 0.15) is 47.6 Å². The van der Waals surface area contributed by atoms with Gasteiger partial charge in [-0.1, -0.05) is 30.3 Å². The number of carbonyl (C=O) groups excluding carboxylic acids is 2. The molecule has 39 heavy (non-hydrogen) atoms. The smallest absolute Gasteiger partial charge is 0.370 e. The van der Waals surface area contributed by atoms with Gasteiger partial charge in [-0.2, -0.15) is 26.3 Å². The first kappa shape index (κ1) is 28.9. The molecule has 2 aliphatic heterocycles. The van der Waals surface area contributed by atoms with Crippen LogP contribution in [0.3, 0.4) is 0 Å². The normalized spacial score (nSPS) is 21.9. The number of benzene rings is 2. The molecule has 2 amide bonds. The van der Waals surface area contributed by atoms with Crippen LogP contribution in [0.4, 0.5) is 26.3 Å². The van der Waals surface area contributed by atoms with Gasteiger partial charge in [0.25, 0.3) is 0 Å². The summed E-state index contributed by atoms with van der Waals surface area (Å²) in [5.74, 6) is -0.672. The second-order valence-corrected chi connectivity index (χ2v) is 9.86. The number of ether oxygens (including phenoxy) is 1. The van der Waals surface area contributed by atoms with E-state index in [9.17, 15) is 35.9 Å². The summed E-state index contributed by atoms with van der Waals surface area (Å²) in [5, 5.41) is 2.71. The number of hydrogen-bond acceptors (Lipinski definition) is 4. The summed E-state index contributed by atoms with van der Waals surface area (Å²) in [5.41, 5.74) is -2.18. The fraction of sp³-hybridized carbons (Fsp3) is 0.481. The second kappa shape index (κ2) is 11.5. The van der Waals surface area contributed by atoms with E-state index in [2.05, 4.69) is 5.32 Å². The zero-order valence-electron chi connectivity index (χ0n) is 21.2. The maximum atomic E-state index is 13.4. The maximum absolute atomic E-state index is 13.4. The Bertz CT molecular complexity index is 1140. The summed E-state index contributed by atoms with van der Waals surface area (Å²) in [6.07, 6.45) is -11.2. The van der Waals surface area contributed by atoms with Crippen molar-refractivity contribution in [2.75, 3.05) is 39.3 Å². The monoisotopic (exact) mass is 557 g/mol. The van der Waals surface area contributed by atoms with E-state index in [4.69, 9.17) is 4.74 Å². The number of amides is 2. The second-order valence-electron chi connectivity index (χ2n) is 9.86. The highest BCUT2D eigenvalue weighted by molar-refractivity contribution is 5.82. The summed E-state index contributed by atoms with van der Waals surface area (Å²) in [6, 6.07) is 10.6. The average molecular weight is 558 g/mol. The molecule has 2 heterocycles. The lowest BCUT2D eigenvalue weighted by atomic mass is 9.87. The Balaban J connectivity index is 1.53. The lowest BCUT2D eigenvalue weighted by Gasteiger charge is -2.40. The Kier molecular flexibility index (Phi) is 8.55. The number of likely N-dealkylation sites (tertiary alicyclic amines) is 1. The molecule has 0 bridgehead atoms. The van der Waals surface area contributed by atoms with Gasteiger partial charge in [-0.3, -0.25) is 14.5 Å². The zero-order valence-corrected chi connectivity index (χ0v) is 21.2. The van der Waals surface area contributed by atoms with E-state index in [1.807, 2.05) is 30.3 Å². The molecule has 2 fully saturated rings. The van der Waals surface area contributed by atoms with Gasteiger partial charge in [-0.15, -0.1) is 0 Å². The molecule has 1 N–H and O–H groups in total. The largest absolute Gasteiger partial charge is 0.416 e. The van der Waals surface area contributed by atoms with Crippen molar-refractivity contribution in [3.8, 4) is 0 Å². The van der Waals surface area contributed by atoms with Crippen LogP contribution < -0.4 is 5.32 Å². The number of halogens is 6. The number of rotatable bonds is 6. The summed E-state index contributed by atoms with van der Waals surface area (Å²) in [7, 11) is 0. The Morgan fingerprint density at radius 3 is 2.26 bits per heavy atom. The molecule has 6 nitrogen and oxygen atoms in total. The van der Waals surface area contributed by atoms with E-state index in [-0.39, 0.29) is 49.0 Å². The fourth-order valence-electron chi connectivity index (χ4n) is 5.01. The van der Waals surface area contributed by atoms with Crippen LogP contribution in [0.2, 0.25) is 0 Å². The molecule has 0 spiro atoms. The Morgan fingerprint density at radius 2 is 1.67 bits per heavy atom. The lowest BCUT2D eigenvalue weighted by molar-refractivity contribution is -0.143. The third-order valence-electron chi connectivity index (χ3n) is 7.06. The number of piperidine rings is 1. The molecule has 12 heteroatoms. The van der Waals surface area contributed by atoms with E-state index >= 15 is 0 Å². The van der Waals surface area contributed by atoms with Crippen molar-refractivity contribution < 1.29 is 40.7 Å². The first-order valence-electron chi connectivity index (χ1n) is 12.6. The van der Waals surface area contributed by atoms with Gasteiger partial charge in [0.1, 0.15) is 0 Å². The molecule has 2 aromatic carbocycles. The molecule has 4 rings (SSSR count). The highest BCUT2D eigenvalue weighted by Crippen LogP contribution is 2.39. The first-order valence-corrected chi connectivity index (χ1v) is 12.6. The SMILES string of the molecule is CC(OC1CCN(C(=O)CN2CCNC(=O)C2)CC1c1ccccc1)c1cc(C(F)(F)F)cc(C(F)(F)F)c1. The Morgan fingerprint density at radius 1 is 1.03 bits per heavy atom. The third-order valence-corrected chi connectivity index (χ3v) is 7.06. The van der Waals surface area contributed by atoms with E-state index in [1.165, 1.54) is 6.92 Å². The minimum absolute atomic E-state index is 0.0707. The lowest BCUT2D eigenvalue weighted by Crippen LogP contribution is -2.53. The van der Waals surface area contributed by atoms with Gasteiger partial charge in [0.2, 0.25) is 11.8 Å². The molecule has 0 aromatic heterocycles. The van der Waals surface area contributed by atoms with Crippen LogP contribution in [0, 0.1) is 0 Å². The number of nitrogens with zero attached hydrogens (tertiary/aromatic N) is 2. The fourth-order valence-corrected chi connectivity index (χ4v) is 5.01. The van der Waals surface area contributed by atoms with Crippen molar-refractivity contribution in [1.82, 2.24) is 15.1 Å². The van der Waals surface area contributed by atoms with Gasteiger partial charge in [-0.25, -0.2) is 0 Å². The van der Waals surface area contributed by atoms with Gasteiger partial charge < -0.3 is 15.0 Å². The molecule has 2 saturated heterocycles. The van der Waals surface area contributed by atoms with E-state index in [0.717, 1.165) is 5.56 Å². The molecule has 0 radical (unpaired) electrons. The molecular weight excluding hydrogens is 528 g/mol. The topological polar surface area (TPSA) is 61.9 Å². The molecule has 3 atom stereocenters. The number of piperazine rings is 1. The zero-order chi connectivity index (χ0) is 28.4. The van der Waals surface area contributed by atoms with Crippen molar-refractivity contribution in [3.63, 3.8) is 0 Å². The van der Waals surface area contributed by atoms with Gasteiger partial charge in [0, 0.05) is 32.1 Å². The van der Waals surface area contributed by atoms with Crippen molar-refractivity contribution in [1.29, 1.82) is 0 Å². The number of carbonyl (C=O) groups is 2. The molecule has 3 unspecified atom stereocenters. The van der Waals surface area contributed by atoms with Gasteiger partial charge in [0.05, 0.1) is 36.4 Å². The minimum atomic E-state index is -4.96. The van der Waals surface area contributed by atoms with E-state index in [1.54, 1.807) is 9.80 Å². The molecule has 0 aliphatic carbocycles. The summed E-state index contributed by atoms with van der Waals surface area (Å²) < 4.78 is 86.4. The van der Waals surface area contributed by atoms with E-state index < -0.39 is 35.7 Å². The first-order chi connectivity index (χ1) is 18.3. The van der Waals surface area contributed by atoms with Crippen LogP contribution >= 0.6 is 0 Å². The van der Waals surface area contributed by atoms with Crippen molar-refractivity contribution in [2.24, 2.45) is 0 Å². The van der Waals surface area contributed by atoms with Crippen molar-refractivity contribution >= 4 is 11.8 Å². The van der Waals surface area contributed by atoms with Crippen LogP contribution in [0.25, 0.3) is 0 Å². The van der Waals surface area contributed by atoms with Gasteiger partial charge in [0.15, 0.2) is 0 Å². The average Bonchev–Trinajstić information content (AvgIpc) is 2.88. The summed E-state index contributed by atoms with van der Waals surface area (Å²) in [6.45, 7) is 3.19. The molecular formula is C27H29F6N3O3. The van der Waals surface area contributed by atoms with Crippen LogP contribution in [-0.4, -0.2) is 67.0 Å². The van der Waals surface area contributed by atoms with Crippen molar-refractivity contribution in [2.45, 2.75) is 43.8 Å². The predicted octanol–water partition coefficient (Wildman–Crippen LogP) is 4.62. The third kappa shape index (κ3) is 7.30. The standard InChI is InChI=1S/C27H29F6N3O3/c1-17(19-11-20(26(28,29)30)13-21(12-19)27(31,32)33)39-23-7-9-36(14-22(23)18-5-3-2-4-6-18)25(38)16-35-10-8-34-24(37)15-35/h2-6,11-13,17,22-23H,7-10,14-16H2,1H3,(H,34,37). The molecule has 2 aliphatic rings. The predicted molar refractivity (Wildman–Crippen MR) is 130 cm³/mol. The number of alkyl halides is 6. The quantitative estimate of drug-likeness (QED) is 0.527. The Hall–Kier alpha value is -3.12. The van der Waals surface area contributed by atoms with E-state index in [0.29, 0.717) is 38.2 Å². The van der Waals surface area contributed by atoms with Crippen LogP contribution in [0.5, 0.6) is 0 Å². The molecule has 212 valence electrons. The highest BCUT2D eigenvalue weighted by Gasteiger charge is 2.39. The number of hydrogen-bond donors (Lipinski definition) is 1. The Labute approximate surface area is 221 Å². The van der Waals surface area contributed by atoms with Gasteiger partial charge in [-0.05, 0) is 42.7 Å². The number of nitrogens with one attached hydrogen (secondary N) is 1. The molecule has 0 saturated carbocycles. The summed E-state index contributed by atoms with van der Waals surface area (Å²) in [4.78, 5) is 28.2. The van der Waals surface area contributed by atoms with Gasteiger partial charge >= 0.3 is 12.4 Å². The maximum Gasteiger partial charge on any atom is 0.416 e. The highest BCUT2D eigenvalue weighted by atomic mass is 19.4. The van der Waals surface area contributed by atoms with Crippen LogP contribution in [0.15, 0.2) is 48.5 Å². The minimum Gasteiger partial charge on any atom is -0.370 e. The molecule has 2 aromatic rings. The van der Waals surface area contributed by atoms with Crippen molar-refractivity contribution in [3.05, 3.63) is 70.8 Å². The van der Waals surface area contributed by atoms with Crippen LogP contribution in [-0.2, 0) is 26.7 Å². The summed E-state index contributed by atoms with van der Waals surface area (Å²) >= 11 is 0.